The summed E-state index contributed by atoms with van der Waals surface area (Å²) in [6.07, 6.45) is 2.09. The van der Waals surface area contributed by atoms with E-state index in [1.165, 1.54) is 0 Å². The van der Waals surface area contributed by atoms with Crippen LogP contribution in [-0.2, 0) is 9.53 Å². The minimum atomic E-state index is -0.0829. The fourth-order valence-electron chi connectivity index (χ4n) is 4.26. The van der Waals surface area contributed by atoms with Crippen LogP contribution in [0, 0.1) is 5.92 Å². The first kappa shape index (κ1) is 20.3. The van der Waals surface area contributed by atoms with Crippen molar-refractivity contribution >= 4 is 17.6 Å². The van der Waals surface area contributed by atoms with Gasteiger partial charge in [-0.15, -0.1) is 0 Å². The van der Waals surface area contributed by atoms with E-state index in [0.29, 0.717) is 55.8 Å². The monoisotopic (exact) mass is 406 g/mol. The van der Waals surface area contributed by atoms with Crippen LogP contribution in [0.15, 0.2) is 42.5 Å². The van der Waals surface area contributed by atoms with Gasteiger partial charge < -0.3 is 15.0 Å². The number of ether oxygens (including phenoxy) is 1. The number of piperidine rings is 1. The molecule has 0 saturated carbocycles. The van der Waals surface area contributed by atoms with Gasteiger partial charge in [-0.2, -0.15) is 0 Å². The molecule has 1 heterocycles. The lowest BCUT2D eigenvalue weighted by molar-refractivity contribution is -0.126. The molecule has 0 spiro atoms. The van der Waals surface area contributed by atoms with Crippen molar-refractivity contribution in [2.24, 2.45) is 5.92 Å². The standard InChI is InChI=1S/C24H26N2O4/c1-30-14-4-11-25-23(28)16-9-12-26(13-10-16)24(29)17-7-8-19-18-5-2-3-6-20(18)22(27)21(19)15-17/h2-3,5-8,15-16H,4,9-14H2,1H3,(H,25,28). The van der Waals surface area contributed by atoms with Crippen LogP contribution in [-0.4, -0.2) is 55.8 Å². The van der Waals surface area contributed by atoms with Crippen molar-refractivity contribution in [2.75, 3.05) is 33.4 Å². The molecular formula is C24H26N2O4. The number of ketones is 1. The Hall–Kier alpha value is -2.99. The minimum Gasteiger partial charge on any atom is -0.385 e. The summed E-state index contributed by atoms with van der Waals surface area (Å²) in [5, 5.41) is 2.94. The van der Waals surface area contributed by atoms with Crippen LogP contribution in [0.5, 0.6) is 0 Å². The summed E-state index contributed by atoms with van der Waals surface area (Å²) in [4.78, 5) is 39.8. The van der Waals surface area contributed by atoms with E-state index < -0.39 is 0 Å². The van der Waals surface area contributed by atoms with Gasteiger partial charge in [-0.05, 0) is 42.5 Å². The minimum absolute atomic E-state index is 0.0286. The first-order valence-electron chi connectivity index (χ1n) is 10.4. The van der Waals surface area contributed by atoms with Gasteiger partial charge in [0, 0.05) is 56.0 Å². The van der Waals surface area contributed by atoms with Crippen molar-refractivity contribution in [1.82, 2.24) is 10.2 Å². The van der Waals surface area contributed by atoms with E-state index in [2.05, 4.69) is 5.32 Å². The fourth-order valence-corrected chi connectivity index (χ4v) is 4.26. The lowest BCUT2D eigenvalue weighted by atomic mass is 9.95. The van der Waals surface area contributed by atoms with Gasteiger partial charge in [0.1, 0.15) is 0 Å². The second-order valence-electron chi connectivity index (χ2n) is 7.84. The van der Waals surface area contributed by atoms with Gasteiger partial charge in [-0.1, -0.05) is 30.3 Å². The maximum atomic E-state index is 13.0. The van der Waals surface area contributed by atoms with Crippen LogP contribution in [0.25, 0.3) is 11.1 Å². The average molecular weight is 406 g/mol. The zero-order chi connectivity index (χ0) is 21.1. The molecule has 2 aromatic carbocycles. The van der Waals surface area contributed by atoms with Gasteiger partial charge in [-0.25, -0.2) is 0 Å². The first-order valence-corrected chi connectivity index (χ1v) is 10.4. The van der Waals surface area contributed by atoms with Crippen molar-refractivity contribution in [3.63, 3.8) is 0 Å². The SMILES string of the molecule is COCCCNC(=O)C1CCN(C(=O)c2ccc3c(c2)C(=O)c2ccccc2-3)CC1. The van der Waals surface area contributed by atoms with Crippen molar-refractivity contribution < 1.29 is 19.1 Å². The number of likely N-dealkylation sites (tertiary alicyclic amines) is 1. The summed E-state index contributed by atoms with van der Waals surface area (Å²) in [5.74, 6) is -0.119. The molecule has 0 bridgehead atoms. The van der Waals surface area contributed by atoms with E-state index in [0.717, 1.165) is 17.5 Å². The van der Waals surface area contributed by atoms with E-state index in [4.69, 9.17) is 4.74 Å². The molecule has 0 unspecified atom stereocenters. The topological polar surface area (TPSA) is 75.7 Å². The van der Waals surface area contributed by atoms with Crippen LogP contribution in [0.4, 0.5) is 0 Å². The second-order valence-corrected chi connectivity index (χ2v) is 7.84. The molecule has 6 heteroatoms. The number of methoxy groups -OCH3 is 1. The van der Waals surface area contributed by atoms with E-state index in [1.807, 2.05) is 30.3 Å². The van der Waals surface area contributed by atoms with Crippen LogP contribution >= 0.6 is 0 Å². The molecule has 1 aliphatic heterocycles. The maximum absolute atomic E-state index is 13.0. The second kappa shape index (κ2) is 8.79. The molecule has 2 aliphatic rings. The molecule has 0 aromatic heterocycles. The number of hydrogen-bond acceptors (Lipinski definition) is 4. The zero-order valence-corrected chi connectivity index (χ0v) is 17.1. The molecule has 156 valence electrons. The summed E-state index contributed by atoms with van der Waals surface area (Å²) in [5.41, 5.74) is 3.61. The predicted molar refractivity (Wildman–Crippen MR) is 113 cm³/mol. The highest BCUT2D eigenvalue weighted by Gasteiger charge is 2.30. The molecule has 1 fully saturated rings. The zero-order valence-electron chi connectivity index (χ0n) is 17.1. The number of carbonyl (C=O) groups excluding carboxylic acids is 3. The average Bonchev–Trinajstić information content (AvgIpc) is 3.08. The van der Waals surface area contributed by atoms with E-state index in [9.17, 15) is 14.4 Å². The largest absolute Gasteiger partial charge is 0.385 e. The van der Waals surface area contributed by atoms with Crippen molar-refractivity contribution in [3.05, 3.63) is 59.2 Å². The molecular weight excluding hydrogens is 380 g/mol. The Morgan fingerprint density at radius 3 is 2.47 bits per heavy atom. The van der Waals surface area contributed by atoms with E-state index >= 15 is 0 Å². The summed E-state index contributed by atoms with van der Waals surface area (Å²) in [7, 11) is 1.64. The number of benzene rings is 2. The first-order chi connectivity index (χ1) is 14.6. The Morgan fingerprint density at radius 1 is 1.03 bits per heavy atom. The Bertz CT molecular complexity index is 977. The number of fused-ring (bicyclic) bond motifs is 3. The maximum Gasteiger partial charge on any atom is 0.253 e. The van der Waals surface area contributed by atoms with Crippen molar-refractivity contribution in [2.45, 2.75) is 19.3 Å². The molecule has 2 amide bonds. The Kier molecular flexibility index (Phi) is 5.95. The van der Waals surface area contributed by atoms with Crippen LogP contribution in [0.2, 0.25) is 0 Å². The molecule has 1 saturated heterocycles. The highest BCUT2D eigenvalue weighted by molar-refractivity contribution is 6.22. The molecule has 1 aliphatic carbocycles. The predicted octanol–water partition coefficient (Wildman–Crippen LogP) is 2.90. The van der Waals surface area contributed by atoms with E-state index in [-0.39, 0.29) is 23.5 Å². The Balaban J connectivity index is 1.38. The third-order valence-electron chi connectivity index (χ3n) is 5.95. The van der Waals surface area contributed by atoms with Crippen LogP contribution in [0.1, 0.15) is 45.5 Å². The lowest BCUT2D eigenvalue weighted by Crippen LogP contribution is -2.43. The molecule has 2 aromatic rings. The Labute approximate surface area is 176 Å². The molecule has 4 rings (SSSR count). The van der Waals surface area contributed by atoms with E-state index in [1.54, 1.807) is 24.1 Å². The molecule has 30 heavy (non-hydrogen) atoms. The molecule has 0 atom stereocenters. The molecule has 1 N–H and O–H groups in total. The fraction of sp³-hybridized carbons (Fsp3) is 0.375. The third kappa shape index (κ3) is 3.87. The van der Waals surface area contributed by atoms with Gasteiger partial charge >= 0.3 is 0 Å². The summed E-state index contributed by atoms with van der Waals surface area (Å²) in [6, 6.07) is 12.9. The summed E-state index contributed by atoms with van der Waals surface area (Å²) < 4.78 is 4.99. The van der Waals surface area contributed by atoms with Gasteiger partial charge in [0.15, 0.2) is 5.78 Å². The lowest BCUT2D eigenvalue weighted by Gasteiger charge is -2.31. The molecule has 0 radical (unpaired) electrons. The van der Waals surface area contributed by atoms with Gasteiger partial charge in [0.05, 0.1) is 0 Å². The summed E-state index contributed by atoms with van der Waals surface area (Å²) >= 11 is 0. The Morgan fingerprint density at radius 2 is 1.73 bits per heavy atom. The highest BCUT2D eigenvalue weighted by atomic mass is 16.5. The quantitative estimate of drug-likeness (QED) is 0.639. The van der Waals surface area contributed by atoms with Crippen molar-refractivity contribution in [1.29, 1.82) is 0 Å². The number of carbonyl (C=O) groups is 3. The number of rotatable bonds is 6. The number of nitrogens with one attached hydrogen (secondary N) is 1. The number of amides is 2. The van der Waals surface area contributed by atoms with Crippen molar-refractivity contribution in [3.8, 4) is 11.1 Å². The van der Waals surface area contributed by atoms with Crippen LogP contribution in [0.3, 0.4) is 0 Å². The third-order valence-corrected chi connectivity index (χ3v) is 5.95. The highest BCUT2D eigenvalue weighted by Crippen LogP contribution is 2.37. The smallest absolute Gasteiger partial charge is 0.253 e. The summed E-state index contributed by atoms with van der Waals surface area (Å²) in [6.45, 7) is 2.32. The molecule has 6 nitrogen and oxygen atoms in total. The van der Waals surface area contributed by atoms with Gasteiger partial charge in [0.25, 0.3) is 5.91 Å². The number of nitrogens with zero attached hydrogens (tertiary/aromatic N) is 1. The van der Waals surface area contributed by atoms with Crippen LogP contribution < -0.4 is 5.32 Å². The number of hydrogen-bond donors (Lipinski definition) is 1. The normalized spacial score (nSPS) is 15.6. The van der Waals surface area contributed by atoms with Gasteiger partial charge in [0.2, 0.25) is 5.91 Å². The van der Waals surface area contributed by atoms with Gasteiger partial charge in [-0.3, -0.25) is 14.4 Å².